The van der Waals surface area contributed by atoms with Crippen LogP contribution < -0.4 is 0 Å². The Kier molecular flexibility index (Phi) is 6.99. The van der Waals surface area contributed by atoms with Gasteiger partial charge in [0.1, 0.15) is 0 Å². The van der Waals surface area contributed by atoms with Crippen molar-refractivity contribution < 1.29 is 38.6 Å². The molecule has 0 radical (unpaired) electrons. The largest absolute Gasteiger partial charge is 2.00 e. The SMILES string of the molecule is [C-]#[N+]c1nc(-c2cccc(C(C)(C)c3cccc(-n4[c-]cc(C(F)(F)F)n4)n3)n2)[c-]cc1F.[Pt+2]. The Morgan fingerprint density at radius 1 is 0.941 bits per heavy atom. The first-order chi connectivity index (χ1) is 15.6. The minimum absolute atomic E-state index is 0. The number of nitrogens with zero attached hydrogens (tertiary/aromatic N) is 6. The predicted octanol–water partition coefficient (Wildman–Crippen LogP) is 5.36. The van der Waals surface area contributed by atoms with Crippen LogP contribution in [0, 0.1) is 24.7 Å². The number of hydrogen-bond donors (Lipinski definition) is 0. The maximum atomic E-state index is 13.6. The zero-order valence-electron chi connectivity index (χ0n) is 17.6. The van der Waals surface area contributed by atoms with E-state index in [1.165, 1.54) is 6.07 Å². The van der Waals surface area contributed by atoms with Gasteiger partial charge in [0, 0.05) is 28.3 Å². The van der Waals surface area contributed by atoms with Gasteiger partial charge in [-0.25, -0.2) is 0 Å². The van der Waals surface area contributed by atoms with Gasteiger partial charge < -0.3 is 14.5 Å². The molecule has 0 aliphatic carbocycles. The Labute approximate surface area is 206 Å². The molecule has 4 heterocycles. The minimum Gasteiger partial charge on any atom is -0.370 e. The molecule has 0 N–H and O–H groups in total. The molecular weight excluding hydrogens is 631 g/mol. The van der Waals surface area contributed by atoms with Crippen LogP contribution in [-0.4, -0.2) is 24.7 Å². The summed E-state index contributed by atoms with van der Waals surface area (Å²) < 4.78 is 53.2. The summed E-state index contributed by atoms with van der Waals surface area (Å²) in [6.07, 6.45) is -2.15. The summed E-state index contributed by atoms with van der Waals surface area (Å²) in [4.78, 5) is 16.1. The van der Waals surface area contributed by atoms with Crippen LogP contribution in [0.2, 0.25) is 0 Å². The Balaban J connectivity index is 0.00000324. The van der Waals surface area contributed by atoms with Crippen molar-refractivity contribution in [3.05, 3.63) is 95.1 Å². The van der Waals surface area contributed by atoms with Gasteiger partial charge in [0.2, 0.25) is 5.82 Å². The molecule has 0 spiro atoms. The van der Waals surface area contributed by atoms with Crippen molar-refractivity contribution in [3.63, 3.8) is 0 Å². The molecular formula is C23H14F4N6Pt. The Hall–Kier alpha value is -3.44. The first kappa shape index (κ1) is 25.2. The van der Waals surface area contributed by atoms with Crippen LogP contribution >= 0.6 is 0 Å². The molecule has 0 bridgehead atoms. The van der Waals surface area contributed by atoms with Crippen molar-refractivity contribution >= 4 is 5.82 Å². The van der Waals surface area contributed by atoms with Crippen molar-refractivity contribution in [2.45, 2.75) is 25.4 Å². The second kappa shape index (κ2) is 9.43. The maximum Gasteiger partial charge on any atom is 2.00 e. The molecule has 11 heteroatoms. The number of pyridine rings is 3. The third kappa shape index (κ3) is 4.90. The van der Waals surface area contributed by atoms with E-state index in [0.717, 1.165) is 16.8 Å². The summed E-state index contributed by atoms with van der Waals surface area (Å²) in [7, 11) is 0. The van der Waals surface area contributed by atoms with Gasteiger partial charge in [-0.2, -0.15) is 18.2 Å². The number of halogens is 4. The smallest absolute Gasteiger partial charge is 0.370 e. The molecule has 0 atom stereocenters. The molecule has 0 saturated heterocycles. The second-order valence-electron chi connectivity index (χ2n) is 7.51. The summed E-state index contributed by atoms with van der Waals surface area (Å²) in [5, 5.41) is 3.52. The molecule has 0 unspecified atom stereocenters. The molecule has 34 heavy (non-hydrogen) atoms. The fraction of sp³-hybridized carbons (Fsp3) is 0.174. The van der Waals surface area contributed by atoms with Crippen LogP contribution in [0.1, 0.15) is 30.9 Å². The average molecular weight is 645 g/mol. The standard InChI is InChI=1S/C23H14F4N6.Pt/c1-22(2,17-7-4-6-15(29-17)16-11-10-14(24)21(28-3)30-16)18-8-5-9-20(31-18)33-13-12-19(32-33)23(25,26)27;/h4-10,12H,1-2H3;/q-2;+2. The van der Waals surface area contributed by atoms with E-state index in [1.54, 1.807) is 30.3 Å². The third-order valence-electron chi connectivity index (χ3n) is 4.92. The third-order valence-corrected chi connectivity index (χ3v) is 4.92. The number of rotatable bonds is 4. The molecule has 0 fully saturated rings. The number of hydrogen-bond acceptors (Lipinski definition) is 4. The van der Waals surface area contributed by atoms with Crippen molar-refractivity contribution in [1.82, 2.24) is 24.7 Å². The fourth-order valence-electron chi connectivity index (χ4n) is 3.08. The minimum atomic E-state index is -4.58. The monoisotopic (exact) mass is 645 g/mol. The number of aromatic nitrogens is 5. The van der Waals surface area contributed by atoms with Crippen molar-refractivity contribution in [2.75, 3.05) is 0 Å². The molecule has 4 rings (SSSR count). The van der Waals surface area contributed by atoms with Crippen molar-refractivity contribution in [2.24, 2.45) is 0 Å². The van der Waals surface area contributed by atoms with Gasteiger partial charge in [-0.05, 0) is 26.0 Å². The van der Waals surface area contributed by atoms with Crippen LogP contribution in [0.3, 0.4) is 0 Å². The van der Waals surface area contributed by atoms with E-state index in [4.69, 9.17) is 6.57 Å². The van der Waals surface area contributed by atoms with E-state index in [1.807, 2.05) is 13.8 Å². The normalized spacial score (nSPS) is 11.6. The Morgan fingerprint density at radius 2 is 1.62 bits per heavy atom. The predicted molar refractivity (Wildman–Crippen MR) is 110 cm³/mol. The molecule has 0 saturated carbocycles. The van der Waals surface area contributed by atoms with Crippen LogP contribution in [-0.2, 0) is 32.7 Å². The van der Waals surface area contributed by atoms with Gasteiger partial charge in [-0.3, -0.25) is 14.5 Å². The quantitative estimate of drug-likeness (QED) is 0.222. The van der Waals surface area contributed by atoms with Gasteiger partial charge in [0.05, 0.1) is 17.2 Å². The first-order valence-electron chi connectivity index (χ1n) is 9.56. The van der Waals surface area contributed by atoms with Crippen molar-refractivity contribution in [1.29, 1.82) is 0 Å². The van der Waals surface area contributed by atoms with Crippen LogP contribution in [0.25, 0.3) is 22.1 Å². The summed E-state index contributed by atoms with van der Waals surface area (Å²) in [6.45, 7) is 10.7. The van der Waals surface area contributed by atoms with Crippen molar-refractivity contribution in [3.8, 4) is 17.2 Å². The summed E-state index contributed by atoms with van der Waals surface area (Å²) in [5.41, 5.74) is -0.127. The molecule has 0 aliphatic heterocycles. The molecule has 4 aromatic rings. The fourth-order valence-corrected chi connectivity index (χ4v) is 3.08. The Bertz CT molecular complexity index is 1370. The second-order valence-corrected chi connectivity index (χ2v) is 7.51. The van der Waals surface area contributed by atoms with E-state index >= 15 is 0 Å². The van der Waals surface area contributed by atoms with E-state index < -0.39 is 23.1 Å². The summed E-state index contributed by atoms with van der Waals surface area (Å²) in [6, 6.07) is 14.5. The van der Waals surface area contributed by atoms with Gasteiger partial charge >= 0.3 is 27.2 Å². The number of alkyl halides is 3. The summed E-state index contributed by atoms with van der Waals surface area (Å²) >= 11 is 0. The molecule has 174 valence electrons. The van der Waals surface area contributed by atoms with Gasteiger partial charge in [0.25, 0.3) is 0 Å². The molecule has 0 aliphatic rings. The molecule has 6 nitrogen and oxygen atoms in total. The average Bonchev–Trinajstić information content (AvgIpc) is 3.31. The molecule has 4 aromatic heterocycles. The van der Waals surface area contributed by atoms with Crippen LogP contribution in [0.4, 0.5) is 23.4 Å². The first-order valence-corrected chi connectivity index (χ1v) is 9.56. The van der Waals surface area contributed by atoms with Crippen LogP contribution in [0.15, 0.2) is 48.5 Å². The molecule has 0 aromatic carbocycles. The van der Waals surface area contributed by atoms with Gasteiger partial charge in [0.15, 0.2) is 0 Å². The van der Waals surface area contributed by atoms with Crippen LogP contribution in [0.5, 0.6) is 0 Å². The van der Waals surface area contributed by atoms with E-state index in [9.17, 15) is 17.6 Å². The zero-order chi connectivity index (χ0) is 23.8. The maximum absolute atomic E-state index is 13.6. The van der Waals surface area contributed by atoms with E-state index in [2.05, 4.69) is 37.2 Å². The summed E-state index contributed by atoms with van der Waals surface area (Å²) in [5.74, 6) is -0.976. The van der Waals surface area contributed by atoms with Gasteiger partial charge in [-0.15, -0.1) is 18.2 Å². The Morgan fingerprint density at radius 3 is 2.26 bits per heavy atom. The van der Waals surface area contributed by atoms with E-state index in [-0.39, 0.29) is 38.4 Å². The zero-order valence-corrected chi connectivity index (χ0v) is 19.9. The topological polar surface area (TPSA) is 60.9 Å². The molecule has 0 amide bonds. The van der Waals surface area contributed by atoms with E-state index in [0.29, 0.717) is 17.1 Å². The van der Waals surface area contributed by atoms with Gasteiger partial charge in [-0.1, -0.05) is 37.0 Å².